The van der Waals surface area contributed by atoms with Crippen LogP contribution in [0.3, 0.4) is 0 Å². The highest BCUT2D eigenvalue weighted by molar-refractivity contribution is 5.98. The fourth-order valence-corrected chi connectivity index (χ4v) is 2.41. The van der Waals surface area contributed by atoms with Crippen LogP contribution in [0.15, 0.2) is 24.3 Å². The van der Waals surface area contributed by atoms with Gasteiger partial charge >= 0.3 is 0 Å². The molecule has 5 heteroatoms. The first-order chi connectivity index (χ1) is 9.97. The van der Waals surface area contributed by atoms with Crippen LogP contribution in [0.25, 0.3) is 0 Å². The van der Waals surface area contributed by atoms with E-state index < -0.39 is 0 Å². The molecule has 1 aliphatic rings. The smallest absolute Gasteiger partial charge is 0.253 e. The van der Waals surface area contributed by atoms with Crippen LogP contribution in [-0.2, 0) is 0 Å². The maximum Gasteiger partial charge on any atom is 0.253 e. The van der Waals surface area contributed by atoms with Gasteiger partial charge in [-0.1, -0.05) is 0 Å². The third kappa shape index (κ3) is 4.04. The molecule has 0 saturated carbocycles. The predicted molar refractivity (Wildman–Crippen MR) is 82.4 cm³/mol. The fraction of sp³-hybridized carbons (Fsp3) is 0.500. The molecule has 0 unspecified atom stereocenters. The van der Waals surface area contributed by atoms with Crippen molar-refractivity contribution < 1.29 is 9.59 Å². The molecular formula is C16H23N3O2. The minimum atomic E-state index is -0.111. The number of piperazine rings is 1. The predicted octanol–water partition coefficient (Wildman–Crippen LogP) is 1.26. The molecule has 21 heavy (non-hydrogen) atoms. The van der Waals surface area contributed by atoms with Gasteiger partial charge < -0.3 is 15.5 Å². The molecule has 2 amide bonds. The second kappa shape index (κ2) is 6.72. The summed E-state index contributed by atoms with van der Waals surface area (Å²) < 4.78 is 0. The van der Waals surface area contributed by atoms with Crippen molar-refractivity contribution in [3.05, 3.63) is 35.4 Å². The molecule has 1 aromatic rings. The van der Waals surface area contributed by atoms with Gasteiger partial charge in [-0.15, -0.1) is 0 Å². The summed E-state index contributed by atoms with van der Waals surface area (Å²) in [6.45, 7) is 8.16. The van der Waals surface area contributed by atoms with E-state index >= 15 is 0 Å². The summed E-state index contributed by atoms with van der Waals surface area (Å²) in [5.41, 5.74) is 1.21. The van der Waals surface area contributed by atoms with E-state index in [0.29, 0.717) is 23.7 Å². The molecular weight excluding hydrogens is 266 g/mol. The molecule has 1 aliphatic heterocycles. The Labute approximate surface area is 125 Å². The lowest BCUT2D eigenvalue weighted by Gasteiger charge is -2.32. The third-order valence-corrected chi connectivity index (χ3v) is 3.47. The molecule has 1 heterocycles. The van der Waals surface area contributed by atoms with Gasteiger partial charge in [-0.2, -0.15) is 0 Å². The summed E-state index contributed by atoms with van der Waals surface area (Å²) in [5.74, 6) is -0.0843. The second-order valence-electron chi connectivity index (χ2n) is 5.81. The lowest BCUT2D eigenvalue weighted by Crippen LogP contribution is -2.51. The molecule has 5 nitrogen and oxygen atoms in total. The van der Waals surface area contributed by atoms with Gasteiger partial charge in [-0.25, -0.2) is 0 Å². The van der Waals surface area contributed by atoms with Crippen molar-refractivity contribution in [1.82, 2.24) is 15.5 Å². The van der Waals surface area contributed by atoms with E-state index in [1.54, 1.807) is 24.3 Å². The molecule has 1 fully saturated rings. The topological polar surface area (TPSA) is 61.4 Å². The van der Waals surface area contributed by atoms with E-state index in [-0.39, 0.29) is 17.9 Å². The van der Waals surface area contributed by atoms with Gasteiger partial charge in [0.05, 0.1) is 0 Å². The van der Waals surface area contributed by atoms with Crippen LogP contribution < -0.4 is 10.6 Å². The van der Waals surface area contributed by atoms with E-state index in [2.05, 4.69) is 17.6 Å². The van der Waals surface area contributed by atoms with Crippen LogP contribution >= 0.6 is 0 Å². The molecule has 1 aromatic carbocycles. The lowest BCUT2D eigenvalue weighted by atomic mass is 10.1. The van der Waals surface area contributed by atoms with E-state index in [1.165, 1.54) is 0 Å². The molecule has 0 bridgehead atoms. The second-order valence-corrected chi connectivity index (χ2v) is 5.81. The van der Waals surface area contributed by atoms with Crippen molar-refractivity contribution in [3.8, 4) is 0 Å². The Morgan fingerprint density at radius 3 is 2.43 bits per heavy atom. The van der Waals surface area contributed by atoms with Crippen molar-refractivity contribution in [2.24, 2.45) is 0 Å². The van der Waals surface area contributed by atoms with E-state index in [9.17, 15) is 9.59 Å². The number of benzene rings is 1. The Hall–Kier alpha value is -1.88. The third-order valence-electron chi connectivity index (χ3n) is 3.47. The largest absolute Gasteiger partial charge is 0.350 e. The van der Waals surface area contributed by atoms with Gasteiger partial charge in [-0.3, -0.25) is 9.59 Å². The summed E-state index contributed by atoms with van der Waals surface area (Å²) in [6, 6.07) is 7.28. The highest BCUT2D eigenvalue weighted by Crippen LogP contribution is 2.10. The van der Waals surface area contributed by atoms with Crippen molar-refractivity contribution in [2.75, 3.05) is 19.6 Å². The summed E-state index contributed by atoms with van der Waals surface area (Å²) in [7, 11) is 0. The Balaban J connectivity index is 2.04. The van der Waals surface area contributed by atoms with Crippen LogP contribution in [0.4, 0.5) is 0 Å². The normalized spacial score (nSPS) is 18.7. The molecule has 2 rings (SSSR count). The maximum absolute atomic E-state index is 12.4. The molecule has 0 aliphatic carbocycles. The number of carbonyl (C=O) groups excluding carboxylic acids is 2. The average Bonchev–Trinajstić information content (AvgIpc) is 2.46. The number of carbonyl (C=O) groups is 2. The Morgan fingerprint density at radius 2 is 1.86 bits per heavy atom. The minimum Gasteiger partial charge on any atom is -0.350 e. The van der Waals surface area contributed by atoms with Crippen LogP contribution in [0.1, 0.15) is 41.5 Å². The molecule has 0 aromatic heterocycles. The first kappa shape index (κ1) is 15.5. The zero-order chi connectivity index (χ0) is 15.4. The Bertz CT molecular complexity index is 511. The SMILES string of the molecule is CC(C)NC(=O)c1ccc(C(=O)N2CCN[C@H](C)C2)cc1. The first-order valence-corrected chi connectivity index (χ1v) is 7.41. The molecule has 0 spiro atoms. The van der Waals surface area contributed by atoms with E-state index in [1.807, 2.05) is 18.7 Å². The zero-order valence-corrected chi connectivity index (χ0v) is 12.8. The number of hydrogen-bond acceptors (Lipinski definition) is 3. The van der Waals surface area contributed by atoms with Crippen molar-refractivity contribution in [2.45, 2.75) is 32.9 Å². The van der Waals surface area contributed by atoms with Gasteiger partial charge in [0.15, 0.2) is 0 Å². The van der Waals surface area contributed by atoms with E-state index in [0.717, 1.165) is 13.1 Å². The van der Waals surface area contributed by atoms with E-state index in [4.69, 9.17) is 0 Å². The van der Waals surface area contributed by atoms with Crippen LogP contribution in [0.5, 0.6) is 0 Å². The van der Waals surface area contributed by atoms with Crippen LogP contribution in [0.2, 0.25) is 0 Å². The van der Waals surface area contributed by atoms with Crippen molar-refractivity contribution >= 4 is 11.8 Å². The Kier molecular flexibility index (Phi) is 4.96. The van der Waals surface area contributed by atoms with Gasteiger partial charge in [0.2, 0.25) is 0 Å². The summed E-state index contributed by atoms with van der Waals surface area (Å²) >= 11 is 0. The number of rotatable bonds is 3. The number of nitrogens with one attached hydrogen (secondary N) is 2. The lowest BCUT2D eigenvalue weighted by molar-refractivity contribution is 0.0708. The maximum atomic E-state index is 12.4. The number of nitrogens with zero attached hydrogens (tertiary/aromatic N) is 1. The molecule has 114 valence electrons. The summed E-state index contributed by atoms with van der Waals surface area (Å²) in [6.07, 6.45) is 0. The van der Waals surface area contributed by atoms with Crippen LogP contribution in [0, 0.1) is 0 Å². The number of hydrogen-bond donors (Lipinski definition) is 2. The van der Waals surface area contributed by atoms with Crippen molar-refractivity contribution in [3.63, 3.8) is 0 Å². The average molecular weight is 289 g/mol. The first-order valence-electron chi connectivity index (χ1n) is 7.41. The quantitative estimate of drug-likeness (QED) is 0.880. The van der Waals surface area contributed by atoms with Gasteiger partial charge in [-0.05, 0) is 45.0 Å². The fourth-order valence-electron chi connectivity index (χ4n) is 2.41. The molecule has 2 N–H and O–H groups in total. The number of amides is 2. The summed E-state index contributed by atoms with van der Waals surface area (Å²) in [4.78, 5) is 26.1. The molecule has 0 radical (unpaired) electrons. The highest BCUT2D eigenvalue weighted by Gasteiger charge is 2.21. The van der Waals surface area contributed by atoms with Gasteiger partial charge in [0.25, 0.3) is 11.8 Å². The zero-order valence-electron chi connectivity index (χ0n) is 12.8. The Morgan fingerprint density at radius 1 is 1.24 bits per heavy atom. The molecule has 1 atom stereocenters. The standard InChI is InChI=1S/C16H23N3O2/c1-11(2)18-15(20)13-4-6-14(7-5-13)16(21)19-9-8-17-12(3)10-19/h4-7,11-12,17H,8-10H2,1-3H3,(H,18,20)/t12-/m1/s1. The summed E-state index contributed by atoms with van der Waals surface area (Å²) in [5, 5.41) is 6.15. The van der Waals surface area contributed by atoms with Crippen molar-refractivity contribution in [1.29, 1.82) is 0 Å². The van der Waals surface area contributed by atoms with Gasteiger partial charge in [0.1, 0.15) is 0 Å². The monoisotopic (exact) mass is 289 g/mol. The van der Waals surface area contributed by atoms with Crippen LogP contribution in [-0.4, -0.2) is 48.4 Å². The highest BCUT2D eigenvalue weighted by atomic mass is 16.2. The molecule has 1 saturated heterocycles. The van der Waals surface area contributed by atoms with Gasteiger partial charge in [0, 0.05) is 42.8 Å². The minimum absolute atomic E-state index is 0.0270.